The van der Waals surface area contributed by atoms with Crippen LogP contribution < -0.4 is 14.2 Å². The second-order valence-electron chi connectivity index (χ2n) is 14.5. The summed E-state index contributed by atoms with van der Waals surface area (Å²) < 4.78 is 56.6. The van der Waals surface area contributed by atoms with Crippen LogP contribution in [0.4, 0.5) is 0 Å². The first-order valence-electron chi connectivity index (χ1n) is 20.6. The van der Waals surface area contributed by atoms with E-state index in [-0.39, 0.29) is 39.5 Å². The molecule has 0 saturated carbocycles. The predicted molar refractivity (Wildman–Crippen MR) is 232 cm³/mol. The molecule has 0 radical (unpaired) electrons. The molecule has 0 saturated heterocycles. The van der Waals surface area contributed by atoms with E-state index in [4.69, 9.17) is 52.1 Å². The monoisotopic (exact) mass is 972 g/mol. The Bertz CT molecular complexity index is 2390. The number of carbonyl (C=O) groups excluding carboxylic acids is 11. The van der Waals surface area contributed by atoms with Gasteiger partial charge in [-0.2, -0.15) is 0 Å². The highest BCUT2D eigenvalue weighted by Gasteiger charge is 2.39. The minimum atomic E-state index is -2.10. The summed E-state index contributed by atoms with van der Waals surface area (Å²) in [6.07, 6.45) is 0. The van der Waals surface area contributed by atoms with Gasteiger partial charge in [0.2, 0.25) is 0 Å². The van der Waals surface area contributed by atoms with E-state index >= 15 is 0 Å². The lowest BCUT2D eigenvalue weighted by Crippen LogP contribution is -2.45. The van der Waals surface area contributed by atoms with E-state index in [0.717, 1.165) is 20.8 Å². The number of benzene rings is 4. The standard InChI is InChI=1S/C48H44O22/c1-29-13-5-6-14-33(29)44(56)60-21-40(52)64-25-48(26-65-41(53)22-61-45(57)34-15-7-10-18-37(34)68-30(2)49,27-66-42(54)23-62-46(58)35-16-8-11-19-38(35)69-31(3)50)28-67-43(55)24-63-47(59)36-17-9-12-20-39(36)70-32(4)51/h5-20H,21-28H2,1-4H3. The van der Waals surface area contributed by atoms with Gasteiger partial charge >= 0.3 is 65.7 Å². The van der Waals surface area contributed by atoms with Crippen molar-refractivity contribution in [3.05, 3.63) is 125 Å². The SMILES string of the molecule is CC(=O)Oc1ccccc1C(=O)OCC(=O)OCC(COC(=O)COC(=O)c1ccccc1C)(COC(=O)COC(=O)c1ccccc1OC(C)=O)COC(=O)COC(=O)c1ccccc1OC(C)=O. The van der Waals surface area contributed by atoms with Crippen molar-refractivity contribution in [3.8, 4) is 17.2 Å². The number of hydrogen-bond donors (Lipinski definition) is 0. The summed E-state index contributed by atoms with van der Waals surface area (Å²) in [7, 11) is 0. The lowest BCUT2D eigenvalue weighted by molar-refractivity contribution is -0.174. The summed E-state index contributed by atoms with van der Waals surface area (Å²) in [6, 6.07) is 22.6. The molecule has 4 aromatic rings. The summed E-state index contributed by atoms with van der Waals surface area (Å²) in [6.45, 7) is -3.12. The van der Waals surface area contributed by atoms with Gasteiger partial charge in [-0.25, -0.2) is 38.4 Å². The van der Waals surface area contributed by atoms with Gasteiger partial charge in [-0.05, 0) is 55.0 Å². The van der Waals surface area contributed by atoms with Gasteiger partial charge in [-0.1, -0.05) is 54.6 Å². The number of ether oxygens (including phenoxy) is 11. The number of hydrogen-bond acceptors (Lipinski definition) is 22. The van der Waals surface area contributed by atoms with Crippen LogP contribution in [0.3, 0.4) is 0 Å². The summed E-state index contributed by atoms with van der Waals surface area (Å²) in [5, 5.41) is 0. The van der Waals surface area contributed by atoms with Gasteiger partial charge < -0.3 is 52.1 Å². The van der Waals surface area contributed by atoms with E-state index in [9.17, 15) is 52.7 Å². The Balaban J connectivity index is 1.56. The molecule has 22 nitrogen and oxygen atoms in total. The van der Waals surface area contributed by atoms with Crippen molar-refractivity contribution in [3.63, 3.8) is 0 Å². The molecule has 368 valence electrons. The van der Waals surface area contributed by atoms with E-state index in [2.05, 4.69) is 0 Å². The molecule has 0 aliphatic rings. The Morgan fingerprint density at radius 2 is 0.586 bits per heavy atom. The smallest absolute Gasteiger partial charge is 0.344 e. The van der Waals surface area contributed by atoms with Gasteiger partial charge in [0.15, 0.2) is 26.4 Å². The van der Waals surface area contributed by atoms with Gasteiger partial charge in [-0.3, -0.25) is 14.4 Å². The third-order valence-electron chi connectivity index (χ3n) is 8.89. The highest BCUT2D eigenvalue weighted by Crippen LogP contribution is 2.24. The molecule has 0 spiro atoms. The quantitative estimate of drug-likeness (QED) is 0.0582. The first-order valence-corrected chi connectivity index (χ1v) is 20.6. The van der Waals surface area contributed by atoms with Gasteiger partial charge in [0.25, 0.3) is 0 Å². The first kappa shape index (κ1) is 53.7. The van der Waals surface area contributed by atoms with Crippen LogP contribution in [-0.2, 0) is 71.5 Å². The third kappa shape index (κ3) is 17.4. The topological polar surface area (TPSA) is 289 Å². The van der Waals surface area contributed by atoms with E-state index in [1.165, 1.54) is 78.9 Å². The molecule has 0 heterocycles. The molecular formula is C48H44O22. The Morgan fingerprint density at radius 1 is 0.343 bits per heavy atom. The van der Waals surface area contributed by atoms with Gasteiger partial charge in [0, 0.05) is 20.8 Å². The molecule has 0 amide bonds. The molecular weight excluding hydrogens is 929 g/mol. The van der Waals surface area contributed by atoms with Crippen molar-refractivity contribution >= 4 is 65.7 Å². The number of rotatable bonds is 23. The largest absolute Gasteiger partial charge is 0.462 e. The Hall–Kier alpha value is -8.95. The molecule has 0 fully saturated rings. The lowest BCUT2D eigenvalue weighted by Gasteiger charge is -2.31. The van der Waals surface area contributed by atoms with E-state index in [0.29, 0.717) is 5.56 Å². The molecule has 0 N–H and O–H groups in total. The zero-order chi connectivity index (χ0) is 51.2. The fourth-order valence-corrected chi connectivity index (χ4v) is 5.60. The molecule has 0 atom stereocenters. The summed E-state index contributed by atoms with van der Waals surface area (Å²) >= 11 is 0. The Labute approximate surface area is 397 Å². The highest BCUT2D eigenvalue weighted by molar-refractivity contribution is 5.96. The van der Waals surface area contributed by atoms with E-state index < -0.39 is 124 Å². The second-order valence-corrected chi connectivity index (χ2v) is 14.5. The number of aryl methyl sites for hydroxylation is 1. The maximum atomic E-state index is 13.1. The first-order chi connectivity index (χ1) is 33.4. The maximum Gasteiger partial charge on any atom is 0.344 e. The molecule has 0 unspecified atom stereocenters. The van der Waals surface area contributed by atoms with Crippen molar-refractivity contribution < 1.29 is 105 Å². The average Bonchev–Trinajstić information content (AvgIpc) is 3.33. The molecule has 0 aromatic heterocycles. The molecule has 4 rings (SSSR count). The fraction of sp³-hybridized carbons (Fsp3) is 0.271. The Morgan fingerprint density at radius 3 is 0.857 bits per heavy atom. The van der Waals surface area contributed by atoms with E-state index in [1.807, 2.05) is 0 Å². The number of carbonyl (C=O) groups is 11. The number of para-hydroxylation sites is 3. The van der Waals surface area contributed by atoms with Crippen LogP contribution in [0.5, 0.6) is 17.2 Å². The lowest BCUT2D eigenvalue weighted by atomic mass is 9.92. The van der Waals surface area contributed by atoms with Gasteiger partial charge in [0.1, 0.15) is 65.8 Å². The number of esters is 11. The average molecular weight is 973 g/mol. The molecule has 22 heteroatoms. The Kier molecular flexibility index (Phi) is 20.2. The minimum absolute atomic E-state index is 0.136. The van der Waals surface area contributed by atoms with Crippen LogP contribution in [0, 0.1) is 12.3 Å². The van der Waals surface area contributed by atoms with Crippen LogP contribution in [0.15, 0.2) is 97.1 Å². The molecule has 0 bridgehead atoms. The maximum absolute atomic E-state index is 13.1. The molecule has 0 aliphatic carbocycles. The molecule has 0 aliphatic heterocycles. The normalized spacial score (nSPS) is 10.5. The van der Waals surface area contributed by atoms with Crippen molar-refractivity contribution in [2.24, 2.45) is 5.41 Å². The third-order valence-corrected chi connectivity index (χ3v) is 8.89. The molecule has 70 heavy (non-hydrogen) atoms. The zero-order valence-corrected chi connectivity index (χ0v) is 37.9. The van der Waals surface area contributed by atoms with Crippen molar-refractivity contribution in [1.82, 2.24) is 0 Å². The van der Waals surface area contributed by atoms with Crippen LogP contribution in [0.2, 0.25) is 0 Å². The summed E-state index contributed by atoms with van der Waals surface area (Å²) in [5.41, 5.74) is -2.14. The van der Waals surface area contributed by atoms with Crippen molar-refractivity contribution in [1.29, 1.82) is 0 Å². The van der Waals surface area contributed by atoms with E-state index in [1.54, 1.807) is 25.1 Å². The van der Waals surface area contributed by atoms with Gasteiger partial charge in [0.05, 0.1) is 5.56 Å². The predicted octanol–water partition coefficient (Wildman–Crippen LogP) is 3.66. The fourth-order valence-electron chi connectivity index (χ4n) is 5.60. The van der Waals surface area contributed by atoms with Crippen molar-refractivity contribution in [2.75, 3.05) is 52.9 Å². The van der Waals surface area contributed by atoms with Crippen LogP contribution in [0.25, 0.3) is 0 Å². The minimum Gasteiger partial charge on any atom is -0.462 e. The van der Waals surface area contributed by atoms with Crippen molar-refractivity contribution in [2.45, 2.75) is 27.7 Å². The van der Waals surface area contributed by atoms with Crippen LogP contribution >= 0.6 is 0 Å². The second kappa shape index (κ2) is 26.4. The van der Waals surface area contributed by atoms with Gasteiger partial charge in [-0.15, -0.1) is 0 Å². The summed E-state index contributed by atoms with van der Waals surface area (Å²) in [4.78, 5) is 138. The summed E-state index contributed by atoms with van der Waals surface area (Å²) in [5.74, 6) is -12.0. The molecule has 4 aromatic carbocycles. The van der Waals surface area contributed by atoms with Crippen LogP contribution in [0.1, 0.15) is 67.8 Å². The van der Waals surface area contributed by atoms with Crippen LogP contribution in [-0.4, -0.2) is 119 Å². The highest BCUT2D eigenvalue weighted by atomic mass is 16.6. The zero-order valence-electron chi connectivity index (χ0n) is 37.9.